The topological polar surface area (TPSA) is 49.4 Å². The second-order valence-electron chi connectivity index (χ2n) is 4.56. The van der Waals surface area contributed by atoms with Gasteiger partial charge in [0, 0.05) is 19.2 Å². The third-order valence-corrected chi connectivity index (χ3v) is 4.46. The number of carbonyl (C=O) groups excluding carboxylic acids is 2. The summed E-state index contributed by atoms with van der Waals surface area (Å²) in [4.78, 5) is 25.4. The molecule has 1 aromatic carbocycles. The zero-order chi connectivity index (χ0) is 15.2. The van der Waals surface area contributed by atoms with Gasteiger partial charge in [-0.2, -0.15) is 0 Å². The van der Waals surface area contributed by atoms with Crippen LogP contribution in [0.3, 0.4) is 0 Å². The monoisotopic (exact) mass is 366 g/mol. The second kappa shape index (κ2) is 7.38. The summed E-state index contributed by atoms with van der Waals surface area (Å²) in [7, 11) is 1.72. The van der Waals surface area contributed by atoms with Crippen LogP contribution in [0.2, 0.25) is 0 Å². The number of rotatable bonds is 5. The Kier molecular flexibility index (Phi) is 5.52. The van der Waals surface area contributed by atoms with Crippen LogP contribution in [0.5, 0.6) is 0 Å². The molecule has 0 atom stereocenters. The Hall–Kier alpha value is -1.66. The van der Waals surface area contributed by atoms with Crippen LogP contribution < -0.4 is 5.32 Å². The van der Waals surface area contributed by atoms with Crippen LogP contribution in [0, 0.1) is 0 Å². The third kappa shape index (κ3) is 4.68. The lowest BCUT2D eigenvalue weighted by Gasteiger charge is -2.16. The number of thiophene rings is 1. The zero-order valence-electron chi connectivity index (χ0n) is 11.5. The predicted molar refractivity (Wildman–Crippen MR) is 87.3 cm³/mol. The Balaban J connectivity index is 1.82. The van der Waals surface area contributed by atoms with Gasteiger partial charge < -0.3 is 10.2 Å². The highest BCUT2D eigenvalue weighted by Crippen LogP contribution is 2.21. The molecule has 110 valence electrons. The summed E-state index contributed by atoms with van der Waals surface area (Å²) in [6.07, 6.45) is 0. The van der Waals surface area contributed by atoms with Crippen molar-refractivity contribution in [2.45, 2.75) is 6.54 Å². The smallest absolute Gasteiger partial charge is 0.251 e. The van der Waals surface area contributed by atoms with Gasteiger partial charge in [0.1, 0.15) is 0 Å². The van der Waals surface area contributed by atoms with Crippen LogP contribution in [0.15, 0.2) is 45.6 Å². The average Bonchev–Trinajstić information content (AvgIpc) is 2.90. The number of benzene rings is 1. The Bertz CT molecular complexity index is 628. The number of halogens is 1. The summed E-state index contributed by atoms with van der Waals surface area (Å²) in [5.41, 5.74) is 1.62. The van der Waals surface area contributed by atoms with Crippen molar-refractivity contribution in [3.63, 3.8) is 0 Å². The lowest BCUT2D eigenvalue weighted by atomic mass is 10.2. The Morgan fingerprint density at radius 1 is 1.29 bits per heavy atom. The minimum absolute atomic E-state index is 0.00443. The first kappa shape index (κ1) is 15.7. The van der Waals surface area contributed by atoms with Gasteiger partial charge in [0.2, 0.25) is 5.91 Å². The molecule has 0 unspecified atom stereocenters. The number of nitrogens with zero attached hydrogens (tertiary/aromatic N) is 1. The molecule has 1 aromatic heterocycles. The number of amides is 2. The van der Waals surface area contributed by atoms with E-state index >= 15 is 0 Å². The molecule has 0 spiro atoms. The van der Waals surface area contributed by atoms with Gasteiger partial charge in [-0.1, -0.05) is 18.2 Å². The Morgan fingerprint density at radius 3 is 2.62 bits per heavy atom. The number of hydrogen-bond acceptors (Lipinski definition) is 3. The lowest BCUT2D eigenvalue weighted by molar-refractivity contribution is -0.129. The maximum absolute atomic E-state index is 12.0. The van der Waals surface area contributed by atoms with E-state index < -0.39 is 0 Å². The van der Waals surface area contributed by atoms with E-state index in [-0.39, 0.29) is 18.4 Å². The number of carbonyl (C=O) groups is 2. The number of hydrogen-bond donors (Lipinski definition) is 1. The van der Waals surface area contributed by atoms with Gasteiger partial charge in [-0.05, 0) is 45.1 Å². The van der Waals surface area contributed by atoms with E-state index in [1.165, 1.54) is 0 Å². The molecular formula is C15H15BrN2O2S. The van der Waals surface area contributed by atoms with E-state index in [9.17, 15) is 9.59 Å². The summed E-state index contributed by atoms with van der Waals surface area (Å²) in [5.74, 6) is -0.364. The summed E-state index contributed by atoms with van der Waals surface area (Å²) in [6.45, 7) is 0.525. The van der Waals surface area contributed by atoms with E-state index in [0.717, 1.165) is 9.35 Å². The molecule has 0 bridgehead atoms. The maximum Gasteiger partial charge on any atom is 0.251 e. The third-order valence-electron chi connectivity index (χ3n) is 2.90. The van der Waals surface area contributed by atoms with Gasteiger partial charge >= 0.3 is 0 Å². The van der Waals surface area contributed by atoms with Gasteiger partial charge in [0.15, 0.2) is 0 Å². The molecule has 0 aliphatic carbocycles. The molecule has 6 heteroatoms. The molecule has 2 aromatic rings. The van der Waals surface area contributed by atoms with Crippen LogP contribution >= 0.6 is 27.3 Å². The van der Waals surface area contributed by atoms with Crippen LogP contribution in [0.25, 0.3) is 0 Å². The van der Waals surface area contributed by atoms with Crippen LogP contribution in [-0.4, -0.2) is 30.3 Å². The van der Waals surface area contributed by atoms with Crippen LogP contribution in [-0.2, 0) is 11.3 Å². The molecule has 0 aliphatic heterocycles. The molecule has 21 heavy (non-hydrogen) atoms. The van der Waals surface area contributed by atoms with E-state index in [4.69, 9.17) is 0 Å². The lowest BCUT2D eigenvalue weighted by Crippen LogP contribution is -2.37. The van der Waals surface area contributed by atoms with Gasteiger partial charge in [-0.3, -0.25) is 9.59 Å². The molecule has 4 nitrogen and oxygen atoms in total. The molecule has 0 saturated carbocycles. The quantitative estimate of drug-likeness (QED) is 0.884. The summed E-state index contributed by atoms with van der Waals surface area (Å²) in [6, 6.07) is 10.8. The molecular weight excluding hydrogens is 352 g/mol. The Labute approximate surface area is 135 Å². The summed E-state index contributed by atoms with van der Waals surface area (Å²) >= 11 is 4.98. The van der Waals surface area contributed by atoms with Crippen LogP contribution in [0.4, 0.5) is 0 Å². The van der Waals surface area contributed by atoms with E-state index in [1.54, 1.807) is 47.5 Å². The normalized spacial score (nSPS) is 10.2. The fraction of sp³-hybridized carbons (Fsp3) is 0.200. The number of nitrogens with one attached hydrogen (secondary N) is 1. The fourth-order valence-electron chi connectivity index (χ4n) is 1.77. The first-order valence-corrected chi connectivity index (χ1v) is 8.03. The minimum Gasteiger partial charge on any atom is -0.343 e. The van der Waals surface area contributed by atoms with Crippen molar-refractivity contribution in [1.82, 2.24) is 10.2 Å². The van der Waals surface area contributed by atoms with E-state index in [0.29, 0.717) is 12.1 Å². The molecule has 1 N–H and O–H groups in total. The van der Waals surface area contributed by atoms with Gasteiger partial charge in [0.05, 0.1) is 10.3 Å². The highest BCUT2D eigenvalue weighted by Gasteiger charge is 2.12. The molecule has 0 aliphatic rings. The standard InChI is InChI=1S/C15H15BrN2O2S/c1-18(9-11-7-13(16)21-10-11)14(19)8-17-15(20)12-5-3-2-4-6-12/h2-7,10H,8-9H2,1H3,(H,17,20). The Morgan fingerprint density at radius 2 is 2.00 bits per heavy atom. The SMILES string of the molecule is CN(Cc1csc(Br)c1)C(=O)CNC(=O)c1ccccc1. The zero-order valence-corrected chi connectivity index (χ0v) is 13.9. The predicted octanol–water partition coefficient (Wildman–Crippen LogP) is 2.90. The number of likely N-dealkylation sites (N-methyl/N-ethyl adjacent to an activating group) is 1. The fourth-order valence-corrected chi connectivity index (χ4v) is 2.97. The van der Waals surface area contributed by atoms with E-state index in [2.05, 4.69) is 21.2 Å². The average molecular weight is 367 g/mol. The van der Waals surface area contributed by atoms with Crippen molar-refractivity contribution >= 4 is 39.1 Å². The molecule has 1 heterocycles. The van der Waals surface area contributed by atoms with Crippen molar-refractivity contribution in [3.8, 4) is 0 Å². The molecule has 2 amide bonds. The van der Waals surface area contributed by atoms with Gasteiger partial charge in [-0.15, -0.1) is 11.3 Å². The highest BCUT2D eigenvalue weighted by molar-refractivity contribution is 9.11. The first-order valence-electron chi connectivity index (χ1n) is 6.36. The van der Waals surface area contributed by atoms with Crippen molar-refractivity contribution in [3.05, 3.63) is 56.7 Å². The summed E-state index contributed by atoms with van der Waals surface area (Å²) in [5, 5.41) is 4.63. The molecule has 0 fully saturated rings. The van der Waals surface area contributed by atoms with Gasteiger partial charge in [-0.25, -0.2) is 0 Å². The van der Waals surface area contributed by atoms with Crippen molar-refractivity contribution in [2.75, 3.05) is 13.6 Å². The molecule has 2 rings (SSSR count). The van der Waals surface area contributed by atoms with Crippen molar-refractivity contribution in [1.29, 1.82) is 0 Å². The highest BCUT2D eigenvalue weighted by atomic mass is 79.9. The molecule has 0 radical (unpaired) electrons. The van der Waals surface area contributed by atoms with Crippen molar-refractivity contribution in [2.24, 2.45) is 0 Å². The van der Waals surface area contributed by atoms with Crippen molar-refractivity contribution < 1.29 is 9.59 Å². The maximum atomic E-state index is 12.0. The second-order valence-corrected chi connectivity index (χ2v) is 6.85. The summed E-state index contributed by atoms with van der Waals surface area (Å²) < 4.78 is 1.04. The minimum atomic E-state index is -0.240. The first-order chi connectivity index (χ1) is 10.1. The van der Waals surface area contributed by atoms with Crippen LogP contribution in [0.1, 0.15) is 15.9 Å². The largest absolute Gasteiger partial charge is 0.343 e. The molecule has 0 saturated heterocycles. The van der Waals surface area contributed by atoms with E-state index in [1.807, 2.05) is 17.5 Å². The van der Waals surface area contributed by atoms with Gasteiger partial charge in [0.25, 0.3) is 5.91 Å².